The second kappa shape index (κ2) is 8.97. The minimum Gasteiger partial charge on any atom is -0.497 e. The Kier molecular flexibility index (Phi) is 6.90. The number of carbonyl (C=O) groups is 1. The molecule has 7 nitrogen and oxygen atoms in total. The van der Waals surface area contributed by atoms with Crippen molar-refractivity contribution in [3.8, 4) is 11.5 Å². The first kappa shape index (κ1) is 21.6. The van der Waals surface area contributed by atoms with Crippen LogP contribution in [0.3, 0.4) is 0 Å². The quantitative estimate of drug-likeness (QED) is 0.729. The van der Waals surface area contributed by atoms with Crippen LogP contribution in [0.4, 0.5) is 5.69 Å². The number of methoxy groups -OCH3 is 2. The van der Waals surface area contributed by atoms with Gasteiger partial charge >= 0.3 is 0 Å². The lowest BCUT2D eigenvalue weighted by molar-refractivity contribution is -0.120. The van der Waals surface area contributed by atoms with Crippen molar-refractivity contribution in [2.24, 2.45) is 0 Å². The highest BCUT2D eigenvalue weighted by molar-refractivity contribution is 7.92. The Morgan fingerprint density at radius 1 is 1.14 bits per heavy atom. The van der Waals surface area contributed by atoms with E-state index in [0.717, 1.165) is 21.7 Å². The van der Waals surface area contributed by atoms with Gasteiger partial charge in [-0.2, -0.15) is 0 Å². The van der Waals surface area contributed by atoms with Crippen molar-refractivity contribution in [3.63, 3.8) is 0 Å². The fourth-order valence-corrected chi connectivity index (χ4v) is 3.81. The molecule has 152 valence electrons. The lowest BCUT2D eigenvalue weighted by Crippen LogP contribution is -2.41. The first-order valence-corrected chi connectivity index (χ1v) is 10.6. The van der Waals surface area contributed by atoms with E-state index in [1.54, 1.807) is 64.5 Å². The number of anilines is 1. The average Bonchev–Trinajstić information content (AvgIpc) is 2.65. The smallest absolute Gasteiger partial charge is 0.241 e. The molecule has 0 spiro atoms. The Labute approximate surface area is 166 Å². The molecular formula is C20H26N2O5S. The molecule has 1 amide bonds. The van der Waals surface area contributed by atoms with Crippen molar-refractivity contribution in [2.75, 3.05) is 31.3 Å². The van der Waals surface area contributed by atoms with E-state index in [0.29, 0.717) is 17.2 Å². The molecule has 2 rings (SSSR count). The van der Waals surface area contributed by atoms with E-state index in [4.69, 9.17) is 9.47 Å². The van der Waals surface area contributed by atoms with Crippen LogP contribution in [0.2, 0.25) is 0 Å². The monoisotopic (exact) mass is 406 g/mol. The molecule has 0 saturated carbocycles. The maximum atomic E-state index is 12.6. The Balaban J connectivity index is 2.23. The first-order valence-electron chi connectivity index (χ1n) is 8.72. The number of amides is 1. The van der Waals surface area contributed by atoms with Crippen LogP contribution in [0.15, 0.2) is 42.5 Å². The van der Waals surface area contributed by atoms with Crippen molar-refractivity contribution >= 4 is 21.6 Å². The Bertz CT molecular complexity index is 943. The zero-order chi connectivity index (χ0) is 20.9. The third-order valence-corrected chi connectivity index (χ3v) is 5.48. The van der Waals surface area contributed by atoms with E-state index >= 15 is 0 Å². The highest BCUT2D eigenvalue weighted by atomic mass is 32.2. The van der Waals surface area contributed by atoms with Crippen LogP contribution in [-0.4, -0.2) is 41.3 Å². The minimum atomic E-state index is -3.63. The van der Waals surface area contributed by atoms with Gasteiger partial charge in [-0.25, -0.2) is 8.42 Å². The third kappa shape index (κ3) is 5.16. The van der Waals surface area contributed by atoms with E-state index in [2.05, 4.69) is 5.32 Å². The number of para-hydroxylation sites is 1. The summed E-state index contributed by atoms with van der Waals surface area (Å²) in [6.07, 6.45) is 1.08. The van der Waals surface area contributed by atoms with Gasteiger partial charge in [-0.3, -0.25) is 9.10 Å². The SMILES string of the molecule is COc1ccc(OC)c([C@@H](C)NC(=O)CN(c2ccccc2C)S(C)(=O)=O)c1. The lowest BCUT2D eigenvalue weighted by atomic mass is 10.1. The summed E-state index contributed by atoms with van der Waals surface area (Å²) >= 11 is 0. The lowest BCUT2D eigenvalue weighted by Gasteiger charge is -2.25. The fourth-order valence-electron chi connectivity index (χ4n) is 2.90. The molecule has 0 aromatic heterocycles. The van der Waals surface area contributed by atoms with Crippen LogP contribution >= 0.6 is 0 Å². The number of aryl methyl sites for hydroxylation is 1. The molecule has 2 aromatic carbocycles. The summed E-state index contributed by atoms with van der Waals surface area (Å²) in [5.74, 6) is 0.813. The zero-order valence-electron chi connectivity index (χ0n) is 16.7. The number of sulfonamides is 1. The predicted molar refractivity (Wildman–Crippen MR) is 109 cm³/mol. The normalized spacial score (nSPS) is 12.2. The van der Waals surface area contributed by atoms with Gasteiger partial charge in [0.2, 0.25) is 15.9 Å². The van der Waals surface area contributed by atoms with E-state index in [1.165, 1.54) is 0 Å². The summed E-state index contributed by atoms with van der Waals surface area (Å²) in [5.41, 5.74) is 1.98. The maximum absolute atomic E-state index is 12.6. The number of hydrogen-bond acceptors (Lipinski definition) is 5. The van der Waals surface area contributed by atoms with Crippen molar-refractivity contribution < 1.29 is 22.7 Å². The highest BCUT2D eigenvalue weighted by Gasteiger charge is 2.23. The number of nitrogens with one attached hydrogen (secondary N) is 1. The fraction of sp³-hybridized carbons (Fsp3) is 0.350. The highest BCUT2D eigenvalue weighted by Crippen LogP contribution is 2.29. The molecule has 1 atom stereocenters. The summed E-state index contributed by atoms with van der Waals surface area (Å²) in [5, 5.41) is 2.83. The maximum Gasteiger partial charge on any atom is 0.241 e. The van der Waals surface area contributed by atoms with Crippen LogP contribution < -0.4 is 19.1 Å². The Morgan fingerprint density at radius 2 is 1.82 bits per heavy atom. The number of hydrogen-bond donors (Lipinski definition) is 1. The molecule has 0 radical (unpaired) electrons. The number of nitrogens with zero attached hydrogens (tertiary/aromatic N) is 1. The molecule has 28 heavy (non-hydrogen) atoms. The topological polar surface area (TPSA) is 84.9 Å². The van der Waals surface area contributed by atoms with Crippen LogP contribution in [-0.2, 0) is 14.8 Å². The van der Waals surface area contributed by atoms with Crippen LogP contribution in [0.1, 0.15) is 24.1 Å². The number of ether oxygens (including phenoxy) is 2. The Hall–Kier alpha value is -2.74. The molecule has 0 aliphatic rings. The van der Waals surface area contributed by atoms with E-state index < -0.39 is 22.0 Å². The average molecular weight is 407 g/mol. The van der Waals surface area contributed by atoms with Gasteiger partial charge in [0.15, 0.2) is 0 Å². The molecule has 2 aromatic rings. The molecular weight excluding hydrogens is 380 g/mol. The van der Waals surface area contributed by atoms with Gasteiger partial charge in [-0.1, -0.05) is 18.2 Å². The summed E-state index contributed by atoms with van der Waals surface area (Å²) in [4.78, 5) is 12.6. The predicted octanol–water partition coefficient (Wildman–Crippen LogP) is 2.66. The number of carbonyl (C=O) groups excluding carboxylic acids is 1. The summed E-state index contributed by atoms with van der Waals surface area (Å²) in [6.45, 7) is 3.28. The minimum absolute atomic E-state index is 0.319. The van der Waals surface area contributed by atoms with Gasteiger partial charge in [0.1, 0.15) is 18.0 Å². The largest absolute Gasteiger partial charge is 0.497 e. The van der Waals surface area contributed by atoms with Crippen molar-refractivity contribution in [1.29, 1.82) is 0 Å². The van der Waals surface area contributed by atoms with Crippen molar-refractivity contribution in [1.82, 2.24) is 5.32 Å². The molecule has 8 heteroatoms. The van der Waals surface area contributed by atoms with Crippen LogP contribution in [0, 0.1) is 6.92 Å². The number of rotatable bonds is 8. The molecule has 1 N–H and O–H groups in total. The van der Waals surface area contributed by atoms with Crippen molar-refractivity contribution in [2.45, 2.75) is 19.9 Å². The van der Waals surface area contributed by atoms with Gasteiger partial charge in [0.05, 0.1) is 32.2 Å². The molecule has 0 aliphatic heterocycles. The standard InChI is InChI=1S/C20H26N2O5S/c1-14-8-6-7-9-18(14)22(28(5,24)25)13-20(23)21-15(2)17-12-16(26-3)10-11-19(17)27-4/h6-12,15H,13H2,1-5H3,(H,21,23)/t15-/m1/s1. The zero-order valence-corrected chi connectivity index (χ0v) is 17.5. The van der Waals surface area contributed by atoms with E-state index in [1.807, 2.05) is 6.07 Å². The molecule has 0 fully saturated rings. The van der Waals surface area contributed by atoms with Gasteiger partial charge < -0.3 is 14.8 Å². The van der Waals surface area contributed by atoms with E-state index in [9.17, 15) is 13.2 Å². The molecule has 0 bridgehead atoms. The second-order valence-electron chi connectivity index (χ2n) is 6.45. The first-order chi connectivity index (χ1) is 13.2. The van der Waals surface area contributed by atoms with Crippen LogP contribution in [0.5, 0.6) is 11.5 Å². The number of benzene rings is 2. The van der Waals surface area contributed by atoms with Crippen LogP contribution in [0.25, 0.3) is 0 Å². The Morgan fingerprint density at radius 3 is 2.39 bits per heavy atom. The molecule has 0 heterocycles. The summed E-state index contributed by atoms with van der Waals surface area (Å²) in [7, 11) is -0.530. The van der Waals surface area contributed by atoms with Gasteiger partial charge in [0, 0.05) is 5.56 Å². The third-order valence-electron chi connectivity index (χ3n) is 4.35. The second-order valence-corrected chi connectivity index (χ2v) is 8.36. The summed E-state index contributed by atoms with van der Waals surface area (Å²) < 4.78 is 36.2. The van der Waals surface area contributed by atoms with Gasteiger partial charge in [-0.15, -0.1) is 0 Å². The van der Waals surface area contributed by atoms with Crippen molar-refractivity contribution in [3.05, 3.63) is 53.6 Å². The van der Waals surface area contributed by atoms with Gasteiger partial charge in [-0.05, 0) is 43.7 Å². The summed E-state index contributed by atoms with van der Waals surface area (Å²) in [6, 6.07) is 11.9. The molecule has 0 unspecified atom stereocenters. The van der Waals surface area contributed by atoms with E-state index in [-0.39, 0.29) is 6.54 Å². The molecule has 0 aliphatic carbocycles. The molecule has 0 saturated heterocycles. The van der Waals surface area contributed by atoms with Gasteiger partial charge in [0.25, 0.3) is 0 Å².